The Bertz CT molecular complexity index is 330. The molecule has 1 aromatic rings. The lowest BCUT2D eigenvalue weighted by molar-refractivity contribution is 0.617. The summed E-state index contributed by atoms with van der Waals surface area (Å²) in [7, 11) is 0. The van der Waals surface area contributed by atoms with Gasteiger partial charge in [0.2, 0.25) is 0 Å². The Kier molecular flexibility index (Phi) is 2.83. The Morgan fingerprint density at radius 1 is 1.58 bits per heavy atom. The molecule has 0 radical (unpaired) electrons. The number of rotatable bonds is 1. The second-order valence-electron chi connectivity index (χ2n) is 2.49. The van der Waals surface area contributed by atoms with E-state index in [-0.39, 0.29) is 11.7 Å². The average Bonchev–Trinajstić information content (AvgIpc) is 2.08. The average molecular weight is 228 g/mol. The summed E-state index contributed by atoms with van der Waals surface area (Å²) in [5.74, 6) is -0.607. The van der Waals surface area contributed by atoms with Gasteiger partial charge in [0.15, 0.2) is 0 Å². The summed E-state index contributed by atoms with van der Waals surface area (Å²) in [4.78, 5) is 0. The third-order valence-electron chi connectivity index (χ3n) is 1.64. The van der Waals surface area contributed by atoms with Gasteiger partial charge in [-0.2, -0.15) is 5.26 Å². The first-order valence-corrected chi connectivity index (χ1v) is 4.29. The Morgan fingerprint density at radius 2 is 2.25 bits per heavy atom. The standard InChI is InChI=1S/C9H7BrFN/c1-6(5-12)7-3-2-4-8(11)9(7)10/h2-4,6H,1H3. The maximum atomic E-state index is 12.9. The van der Waals surface area contributed by atoms with Crippen LogP contribution >= 0.6 is 15.9 Å². The summed E-state index contributed by atoms with van der Waals surface area (Å²) in [5.41, 5.74) is 0.692. The van der Waals surface area contributed by atoms with Crippen LogP contribution in [0.15, 0.2) is 22.7 Å². The van der Waals surface area contributed by atoms with E-state index in [1.165, 1.54) is 6.07 Å². The lowest BCUT2D eigenvalue weighted by Crippen LogP contribution is -1.92. The summed E-state index contributed by atoms with van der Waals surface area (Å²) < 4.78 is 13.3. The fourth-order valence-electron chi connectivity index (χ4n) is 0.924. The van der Waals surface area contributed by atoms with Crippen LogP contribution < -0.4 is 0 Å². The smallest absolute Gasteiger partial charge is 0.137 e. The normalized spacial score (nSPS) is 12.2. The van der Waals surface area contributed by atoms with Gasteiger partial charge in [0.25, 0.3) is 0 Å². The van der Waals surface area contributed by atoms with E-state index < -0.39 is 0 Å². The maximum absolute atomic E-state index is 12.9. The number of nitrogens with zero attached hydrogens (tertiary/aromatic N) is 1. The number of benzene rings is 1. The van der Waals surface area contributed by atoms with E-state index in [0.29, 0.717) is 10.0 Å². The molecular weight excluding hydrogens is 221 g/mol. The van der Waals surface area contributed by atoms with E-state index in [0.717, 1.165) is 0 Å². The second kappa shape index (κ2) is 3.68. The van der Waals surface area contributed by atoms with Gasteiger partial charge < -0.3 is 0 Å². The zero-order valence-corrected chi connectivity index (χ0v) is 8.10. The van der Waals surface area contributed by atoms with Crippen molar-refractivity contribution in [3.63, 3.8) is 0 Å². The first-order chi connectivity index (χ1) is 5.66. The fourth-order valence-corrected chi connectivity index (χ4v) is 1.53. The summed E-state index contributed by atoms with van der Waals surface area (Å²) in [6.45, 7) is 1.74. The zero-order valence-electron chi connectivity index (χ0n) is 6.51. The molecule has 0 aliphatic carbocycles. The first kappa shape index (κ1) is 9.21. The topological polar surface area (TPSA) is 23.8 Å². The lowest BCUT2D eigenvalue weighted by Gasteiger charge is -2.05. The van der Waals surface area contributed by atoms with Crippen LogP contribution in [0, 0.1) is 17.1 Å². The van der Waals surface area contributed by atoms with Gasteiger partial charge in [-0.15, -0.1) is 0 Å². The van der Waals surface area contributed by atoms with Gasteiger partial charge in [0.05, 0.1) is 16.5 Å². The molecule has 0 amide bonds. The Hall–Kier alpha value is -0.880. The predicted molar refractivity (Wildman–Crippen MR) is 48.1 cm³/mol. The minimum Gasteiger partial charge on any atom is -0.206 e. The second-order valence-corrected chi connectivity index (χ2v) is 3.29. The SMILES string of the molecule is CC(C#N)c1cccc(F)c1Br. The van der Waals surface area contributed by atoms with Crippen LogP contribution in [0.5, 0.6) is 0 Å². The molecule has 0 aliphatic rings. The molecule has 0 spiro atoms. The van der Waals surface area contributed by atoms with Crippen LogP contribution in [-0.2, 0) is 0 Å². The minimum atomic E-state index is -0.324. The van der Waals surface area contributed by atoms with Gasteiger partial charge >= 0.3 is 0 Å². The van der Waals surface area contributed by atoms with Crippen molar-refractivity contribution in [1.29, 1.82) is 5.26 Å². The molecule has 3 heteroatoms. The molecule has 62 valence electrons. The summed E-state index contributed by atoms with van der Waals surface area (Å²) in [5, 5.41) is 8.61. The molecule has 0 aromatic heterocycles. The van der Waals surface area contributed by atoms with E-state index >= 15 is 0 Å². The van der Waals surface area contributed by atoms with Gasteiger partial charge in [0, 0.05) is 0 Å². The van der Waals surface area contributed by atoms with Crippen molar-refractivity contribution < 1.29 is 4.39 Å². The molecule has 1 atom stereocenters. The van der Waals surface area contributed by atoms with Crippen molar-refractivity contribution in [1.82, 2.24) is 0 Å². The van der Waals surface area contributed by atoms with Crippen molar-refractivity contribution in [3.05, 3.63) is 34.1 Å². The molecule has 1 nitrogen and oxygen atoms in total. The molecule has 0 fully saturated rings. The largest absolute Gasteiger partial charge is 0.206 e. The quantitative estimate of drug-likeness (QED) is 0.723. The Labute approximate surface area is 79.0 Å². The molecule has 1 aromatic carbocycles. The van der Waals surface area contributed by atoms with Gasteiger partial charge in [0.1, 0.15) is 5.82 Å². The summed E-state index contributed by atoms with van der Waals surface area (Å²) in [6, 6.07) is 6.75. The molecule has 0 saturated heterocycles. The van der Waals surface area contributed by atoms with E-state index in [9.17, 15) is 4.39 Å². The van der Waals surface area contributed by atoms with Crippen LogP contribution in [0.1, 0.15) is 18.4 Å². The van der Waals surface area contributed by atoms with E-state index in [2.05, 4.69) is 22.0 Å². The molecular formula is C9H7BrFN. The molecule has 12 heavy (non-hydrogen) atoms. The van der Waals surface area contributed by atoms with Crippen molar-refractivity contribution in [2.45, 2.75) is 12.8 Å². The zero-order chi connectivity index (χ0) is 9.14. The molecule has 0 N–H and O–H groups in total. The maximum Gasteiger partial charge on any atom is 0.137 e. The highest BCUT2D eigenvalue weighted by Crippen LogP contribution is 2.26. The van der Waals surface area contributed by atoms with Crippen LogP contribution in [0.3, 0.4) is 0 Å². The van der Waals surface area contributed by atoms with Crippen LogP contribution in [-0.4, -0.2) is 0 Å². The van der Waals surface area contributed by atoms with Crippen molar-refractivity contribution >= 4 is 15.9 Å². The third kappa shape index (κ3) is 1.64. The number of hydrogen-bond acceptors (Lipinski definition) is 1. The van der Waals surface area contributed by atoms with Gasteiger partial charge in [-0.05, 0) is 34.5 Å². The molecule has 0 saturated carbocycles. The van der Waals surface area contributed by atoms with Crippen molar-refractivity contribution in [2.75, 3.05) is 0 Å². The van der Waals surface area contributed by atoms with Crippen LogP contribution in [0.2, 0.25) is 0 Å². The Balaban J connectivity index is 3.18. The molecule has 1 unspecified atom stereocenters. The van der Waals surface area contributed by atoms with Crippen LogP contribution in [0.4, 0.5) is 4.39 Å². The monoisotopic (exact) mass is 227 g/mol. The van der Waals surface area contributed by atoms with Crippen LogP contribution in [0.25, 0.3) is 0 Å². The Morgan fingerprint density at radius 3 is 2.83 bits per heavy atom. The van der Waals surface area contributed by atoms with Crippen molar-refractivity contribution in [2.24, 2.45) is 0 Å². The number of nitriles is 1. The first-order valence-electron chi connectivity index (χ1n) is 3.50. The van der Waals surface area contributed by atoms with Crippen molar-refractivity contribution in [3.8, 4) is 6.07 Å². The summed E-state index contributed by atoms with van der Waals surface area (Å²) in [6.07, 6.45) is 0. The van der Waals surface area contributed by atoms with Gasteiger partial charge in [-0.3, -0.25) is 0 Å². The highest BCUT2D eigenvalue weighted by molar-refractivity contribution is 9.10. The highest BCUT2D eigenvalue weighted by Gasteiger charge is 2.10. The molecule has 0 bridgehead atoms. The highest BCUT2D eigenvalue weighted by atomic mass is 79.9. The number of hydrogen-bond donors (Lipinski definition) is 0. The predicted octanol–water partition coefficient (Wildman–Crippen LogP) is 3.22. The minimum absolute atomic E-state index is 0.282. The van der Waals surface area contributed by atoms with Gasteiger partial charge in [-0.1, -0.05) is 12.1 Å². The number of halogens is 2. The van der Waals surface area contributed by atoms with E-state index in [1.807, 2.05) is 0 Å². The molecule has 0 heterocycles. The van der Waals surface area contributed by atoms with E-state index in [1.54, 1.807) is 19.1 Å². The van der Waals surface area contributed by atoms with E-state index in [4.69, 9.17) is 5.26 Å². The third-order valence-corrected chi connectivity index (χ3v) is 2.48. The fraction of sp³-hybridized carbons (Fsp3) is 0.222. The molecule has 0 aliphatic heterocycles. The molecule has 1 rings (SSSR count). The van der Waals surface area contributed by atoms with Gasteiger partial charge in [-0.25, -0.2) is 4.39 Å². The lowest BCUT2D eigenvalue weighted by atomic mass is 10.0. The summed E-state index contributed by atoms with van der Waals surface area (Å²) >= 11 is 3.10.